The van der Waals surface area contributed by atoms with Crippen molar-refractivity contribution in [2.45, 2.75) is 5.92 Å². The fourth-order valence-corrected chi connectivity index (χ4v) is 2.54. The summed E-state index contributed by atoms with van der Waals surface area (Å²) in [7, 11) is 3.03. The van der Waals surface area contributed by atoms with Crippen molar-refractivity contribution in [3.05, 3.63) is 36.0 Å². The van der Waals surface area contributed by atoms with Gasteiger partial charge in [-0.15, -0.1) is 0 Å². The Bertz CT molecular complexity index is 714. The zero-order chi connectivity index (χ0) is 13.6. The van der Waals surface area contributed by atoms with Crippen molar-refractivity contribution < 1.29 is 9.59 Å². The normalized spacial score (nSPS) is 21.9. The van der Waals surface area contributed by atoms with E-state index in [0.717, 1.165) is 21.4 Å². The number of hydrogen-bond acceptors (Lipinski definition) is 3. The molecule has 96 valence electrons. The highest BCUT2D eigenvalue weighted by atomic mass is 16.2. The molecule has 2 heterocycles. The van der Waals surface area contributed by atoms with E-state index in [-0.39, 0.29) is 11.8 Å². The summed E-state index contributed by atoms with van der Waals surface area (Å²) in [6.45, 7) is 0. The van der Waals surface area contributed by atoms with Gasteiger partial charge in [0.25, 0.3) is 5.91 Å². The lowest BCUT2D eigenvalue weighted by Crippen LogP contribution is -2.26. The van der Waals surface area contributed by atoms with Crippen LogP contribution in [0.3, 0.4) is 0 Å². The van der Waals surface area contributed by atoms with Gasteiger partial charge in [-0.1, -0.05) is 18.2 Å². The average molecular weight is 255 g/mol. The first-order chi connectivity index (χ1) is 9.15. The second-order valence-electron chi connectivity index (χ2n) is 4.53. The number of likely N-dealkylation sites (N-methyl/N-ethyl adjacent to an activating group) is 1. The number of aromatic amines is 1. The molecule has 0 saturated carbocycles. The van der Waals surface area contributed by atoms with Gasteiger partial charge in [-0.05, 0) is 11.6 Å². The number of rotatable bonds is 1. The van der Waals surface area contributed by atoms with E-state index >= 15 is 0 Å². The Hall–Kier alpha value is -2.43. The minimum Gasteiger partial charge on any atom is -0.361 e. The van der Waals surface area contributed by atoms with Crippen molar-refractivity contribution in [3.8, 4) is 0 Å². The summed E-state index contributed by atoms with van der Waals surface area (Å²) < 4.78 is 0. The van der Waals surface area contributed by atoms with Gasteiger partial charge in [-0.3, -0.25) is 19.5 Å². The van der Waals surface area contributed by atoms with E-state index in [1.165, 1.54) is 7.05 Å². The highest BCUT2D eigenvalue weighted by molar-refractivity contribution is 6.52. The van der Waals surface area contributed by atoms with E-state index in [4.69, 9.17) is 0 Å². The molecule has 1 aliphatic rings. The number of H-pyrrole nitrogens is 1. The Morgan fingerprint density at radius 2 is 2.00 bits per heavy atom. The number of aromatic nitrogens is 1. The fourth-order valence-electron chi connectivity index (χ4n) is 2.54. The molecule has 1 atom stereocenters. The highest BCUT2D eigenvalue weighted by Crippen LogP contribution is 2.32. The van der Waals surface area contributed by atoms with Crippen LogP contribution in [-0.2, 0) is 9.59 Å². The van der Waals surface area contributed by atoms with E-state index < -0.39 is 5.92 Å². The predicted molar refractivity (Wildman–Crippen MR) is 72.2 cm³/mol. The topological polar surface area (TPSA) is 65.5 Å². The number of amides is 2. The second kappa shape index (κ2) is 4.05. The van der Waals surface area contributed by atoms with Crippen molar-refractivity contribution >= 4 is 28.4 Å². The molecule has 1 fully saturated rings. The van der Waals surface area contributed by atoms with Gasteiger partial charge in [0.05, 0.1) is 0 Å². The third kappa shape index (κ3) is 1.51. The van der Waals surface area contributed by atoms with Gasteiger partial charge in [0.15, 0.2) is 0 Å². The van der Waals surface area contributed by atoms with Crippen molar-refractivity contribution in [1.82, 2.24) is 9.88 Å². The van der Waals surface area contributed by atoms with Gasteiger partial charge in [-0.25, -0.2) is 0 Å². The lowest BCUT2D eigenvalue weighted by Gasteiger charge is -2.07. The number of aliphatic imine (C=N–C) groups is 1. The third-order valence-corrected chi connectivity index (χ3v) is 3.55. The molecular weight excluding hydrogens is 242 g/mol. The Morgan fingerprint density at radius 3 is 2.74 bits per heavy atom. The quantitative estimate of drug-likeness (QED) is 0.781. The zero-order valence-electron chi connectivity index (χ0n) is 10.7. The first kappa shape index (κ1) is 11.6. The first-order valence-corrected chi connectivity index (χ1v) is 5.99. The van der Waals surface area contributed by atoms with Gasteiger partial charge in [-0.2, -0.15) is 0 Å². The molecule has 1 aromatic heterocycles. The fraction of sp³-hybridized carbons (Fsp3) is 0.214. The lowest BCUT2D eigenvalue weighted by atomic mass is 9.95. The number of carbonyl (C=O) groups excluding carboxylic acids is 2. The van der Waals surface area contributed by atoms with Crippen LogP contribution in [0.25, 0.3) is 10.9 Å². The predicted octanol–water partition coefficient (Wildman–Crippen LogP) is 1.32. The lowest BCUT2D eigenvalue weighted by molar-refractivity contribution is -0.136. The number of para-hydroxylation sites is 1. The van der Waals surface area contributed by atoms with Crippen molar-refractivity contribution in [3.63, 3.8) is 0 Å². The largest absolute Gasteiger partial charge is 0.361 e. The molecule has 1 N–H and O–H groups in total. The highest BCUT2D eigenvalue weighted by Gasteiger charge is 2.44. The minimum atomic E-state index is -0.598. The Balaban J connectivity index is 2.21. The van der Waals surface area contributed by atoms with Crippen LogP contribution in [0.15, 0.2) is 35.5 Å². The number of benzene rings is 1. The number of fused-ring (bicyclic) bond motifs is 1. The number of nitrogens with zero attached hydrogens (tertiary/aromatic N) is 2. The van der Waals surface area contributed by atoms with Crippen LogP contribution in [-0.4, -0.2) is 41.5 Å². The van der Waals surface area contributed by atoms with Crippen molar-refractivity contribution in [1.29, 1.82) is 0 Å². The Labute approximate surface area is 109 Å². The molecule has 2 aromatic rings. The van der Waals surface area contributed by atoms with Crippen LogP contribution in [0.2, 0.25) is 0 Å². The summed E-state index contributed by atoms with van der Waals surface area (Å²) in [5.74, 6) is -1.14. The molecule has 0 bridgehead atoms. The van der Waals surface area contributed by atoms with Crippen LogP contribution >= 0.6 is 0 Å². The van der Waals surface area contributed by atoms with Crippen LogP contribution in [0, 0.1) is 0 Å². The molecule has 5 nitrogen and oxygen atoms in total. The number of imide groups is 1. The van der Waals surface area contributed by atoms with E-state index in [1.807, 2.05) is 24.3 Å². The number of likely N-dealkylation sites (tertiary alicyclic amines) is 1. The van der Waals surface area contributed by atoms with Gasteiger partial charge < -0.3 is 4.98 Å². The van der Waals surface area contributed by atoms with Crippen molar-refractivity contribution in [2.24, 2.45) is 4.99 Å². The molecule has 1 aliphatic heterocycles. The van der Waals surface area contributed by atoms with Gasteiger partial charge in [0, 0.05) is 31.2 Å². The monoisotopic (exact) mass is 255 g/mol. The first-order valence-electron chi connectivity index (χ1n) is 5.99. The van der Waals surface area contributed by atoms with Crippen LogP contribution < -0.4 is 0 Å². The summed E-state index contributed by atoms with van der Waals surface area (Å²) in [5, 5.41) is 0.949. The maximum atomic E-state index is 12.2. The van der Waals surface area contributed by atoms with E-state index in [0.29, 0.717) is 5.71 Å². The maximum Gasteiger partial charge on any atom is 0.275 e. The molecule has 1 aromatic carbocycles. The van der Waals surface area contributed by atoms with E-state index in [9.17, 15) is 9.59 Å². The Morgan fingerprint density at radius 1 is 1.26 bits per heavy atom. The minimum absolute atomic E-state index is 0.227. The standard InChI is InChI=1S/C14H13N3O2/c1-15-12-11(13(18)17(2)14(12)19)9-7-16-10-6-4-3-5-8(9)10/h3-7,11,16H,1-2H3. The molecule has 1 saturated heterocycles. The van der Waals surface area contributed by atoms with Crippen LogP contribution in [0.4, 0.5) is 0 Å². The smallest absolute Gasteiger partial charge is 0.275 e. The summed E-state index contributed by atoms with van der Waals surface area (Å²) in [6, 6.07) is 7.70. The number of carbonyl (C=O) groups is 2. The molecule has 0 radical (unpaired) electrons. The summed E-state index contributed by atoms with van der Waals surface area (Å²) in [6.07, 6.45) is 1.78. The average Bonchev–Trinajstić information content (AvgIpc) is 2.93. The number of hydrogen-bond donors (Lipinski definition) is 1. The maximum absolute atomic E-state index is 12.2. The third-order valence-electron chi connectivity index (χ3n) is 3.55. The van der Waals surface area contributed by atoms with Gasteiger partial charge in [0.2, 0.25) is 5.91 Å². The SMILES string of the molecule is CN=C1C(=O)N(C)C(=O)C1c1c[nH]c2ccccc12. The summed E-state index contributed by atoms with van der Waals surface area (Å²) in [4.78, 5) is 32.5. The van der Waals surface area contributed by atoms with E-state index in [2.05, 4.69) is 9.98 Å². The molecular formula is C14H13N3O2. The molecule has 0 aliphatic carbocycles. The van der Waals surface area contributed by atoms with Crippen LogP contribution in [0.5, 0.6) is 0 Å². The Kier molecular flexibility index (Phi) is 2.48. The van der Waals surface area contributed by atoms with Crippen LogP contribution in [0.1, 0.15) is 11.5 Å². The molecule has 3 rings (SSSR count). The van der Waals surface area contributed by atoms with Gasteiger partial charge in [0.1, 0.15) is 11.6 Å². The number of nitrogens with one attached hydrogen (secondary N) is 1. The molecule has 2 amide bonds. The molecule has 1 unspecified atom stereocenters. The molecule has 0 spiro atoms. The second-order valence-corrected chi connectivity index (χ2v) is 4.53. The zero-order valence-corrected chi connectivity index (χ0v) is 10.7. The summed E-state index contributed by atoms with van der Waals surface area (Å²) in [5.41, 5.74) is 2.05. The van der Waals surface area contributed by atoms with E-state index in [1.54, 1.807) is 13.2 Å². The van der Waals surface area contributed by atoms with Crippen molar-refractivity contribution in [2.75, 3.05) is 14.1 Å². The molecule has 19 heavy (non-hydrogen) atoms. The summed E-state index contributed by atoms with van der Waals surface area (Å²) >= 11 is 0. The molecule has 5 heteroatoms. The van der Waals surface area contributed by atoms with Gasteiger partial charge >= 0.3 is 0 Å².